The summed E-state index contributed by atoms with van der Waals surface area (Å²) in [6.07, 6.45) is 3.89. The van der Waals surface area contributed by atoms with E-state index in [0.29, 0.717) is 0 Å². The van der Waals surface area contributed by atoms with Crippen LogP contribution in [0.1, 0.15) is 32.0 Å². The first kappa shape index (κ1) is 14.5. The smallest absolute Gasteiger partial charge is 0.0419 e. The van der Waals surface area contributed by atoms with E-state index in [9.17, 15) is 0 Å². The molecule has 1 rings (SSSR count). The lowest BCUT2D eigenvalue weighted by Gasteiger charge is -2.12. The third-order valence-corrected chi connectivity index (χ3v) is 4.11. The molecule has 1 unspecified atom stereocenters. The van der Waals surface area contributed by atoms with Crippen LogP contribution in [-0.4, -0.2) is 22.5 Å². The fourth-order valence-electron chi connectivity index (χ4n) is 1.57. The van der Waals surface area contributed by atoms with E-state index in [0.717, 1.165) is 30.2 Å². The third kappa shape index (κ3) is 6.08. The molecule has 1 aromatic heterocycles. The number of nitrogens with two attached hydrogens (primary N) is 1. The van der Waals surface area contributed by atoms with Crippen LogP contribution in [0.5, 0.6) is 0 Å². The van der Waals surface area contributed by atoms with E-state index in [1.54, 1.807) is 0 Å². The van der Waals surface area contributed by atoms with Gasteiger partial charge in [-0.3, -0.25) is 4.98 Å². The topological polar surface area (TPSA) is 38.9 Å². The first-order valence-electron chi connectivity index (χ1n) is 6.39. The Morgan fingerprint density at radius 3 is 2.59 bits per heavy atom. The fourth-order valence-corrected chi connectivity index (χ4v) is 2.60. The lowest BCUT2D eigenvalue weighted by molar-refractivity contribution is 0.721. The quantitative estimate of drug-likeness (QED) is 0.811. The Kier molecular flexibility index (Phi) is 6.60. The van der Waals surface area contributed by atoms with Crippen molar-refractivity contribution in [2.75, 3.05) is 11.5 Å². The molecule has 0 aliphatic rings. The Morgan fingerprint density at radius 2 is 2.06 bits per heavy atom. The molecule has 0 bridgehead atoms. The predicted octanol–water partition coefficient (Wildman–Crippen LogP) is 2.90. The number of hydrogen-bond acceptors (Lipinski definition) is 3. The standard InChI is InChI=1S/C14H24N2S/c1-4-12-5-6-14(16-8-12)7-13(15)10-17-9-11(2)3/h5-6,8,11,13H,4,7,9-10,15H2,1-3H3. The van der Waals surface area contributed by atoms with Crippen LogP contribution < -0.4 is 5.73 Å². The molecule has 96 valence electrons. The van der Waals surface area contributed by atoms with Gasteiger partial charge >= 0.3 is 0 Å². The minimum absolute atomic E-state index is 0.221. The van der Waals surface area contributed by atoms with Gasteiger partial charge in [0.25, 0.3) is 0 Å². The first-order valence-corrected chi connectivity index (χ1v) is 7.54. The van der Waals surface area contributed by atoms with Gasteiger partial charge in [0.05, 0.1) is 0 Å². The highest BCUT2D eigenvalue weighted by Crippen LogP contribution is 2.10. The van der Waals surface area contributed by atoms with E-state index in [2.05, 4.69) is 37.9 Å². The van der Waals surface area contributed by atoms with Gasteiger partial charge in [0.1, 0.15) is 0 Å². The van der Waals surface area contributed by atoms with E-state index < -0.39 is 0 Å². The highest BCUT2D eigenvalue weighted by Gasteiger charge is 2.06. The molecule has 2 N–H and O–H groups in total. The van der Waals surface area contributed by atoms with E-state index in [-0.39, 0.29) is 6.04 Å². The van der Waals surface area contributed by atoms with Crippen molar-refractivity contribution >= 4 is 11.8 Å². The molecule has 1 atom stereocenters. The molecule has 0 spiro atoms. The molecule has 0 aliphatic carbocycles. The van der Waals surface area contributed by atoms with Crippen molar-refractivity contribution in [1.82, 2.24) is 4.98 Å². The lowest BCUT2D eigenvalue weighted by atomic mass is 10.1. The van der Waals surface area contributed by atoms with Crippen molar-refractivity contribution in [3.05, 3.63) is 29.6 Å². The van der Waals surface area contributed by atoms with Crippen molar-refractivity contribution < 1.29 is 0 Å². The molecule has 0 radical (unpaired) electrons. The van der Waals surface area contributed by atoms with Gasteiger partial charge in [-0.15, -0.1) is 0 Å². The van der Waals surface area contributed by atoms with Crippen LogP contribution in [0.4, 0.5) is 0 Å². The molecule has 17 heavy (non-hydrogen) atoms. The number of rotatable bonds is 7. The minimum atomic E-state index is 0.221. The van der Waals surface area contributed by atoms with Crippen LogP contribution in [-0.2, 0) is 12.8 Å². The second-order valence-corrected chi connectivity index (χ2v) is 5.98. The predicted molar refractivity (Wildman–Crippen MR) is 77.5 cm³/mol. The Labute approximate surface area is 109 Å². The summed E-state index contributed by atoms with van der Waals surface area (Å²) in [5, 5.41) is 0. The molecule has 0 fully saturated rings. The zero-order chi connectivity index (χ0) is 12.7. The summed E-state index contributed by atoms with van der Waals surface area (Å²) >= 11 is 1.94. The Morgan fingerprint density at radius 1 is 1.29 bits per heavy atom. The maximum atomic E-state index is 6.10. The molecule has 1 aromatic rings. The highest BCUT2D eigenvalue weighted by atomic mass is 32.2. The Bertz CT molecular complexity index is 309. The van der Waals surface area contributed by atoms with Crippen LogP contribution in [0.3, 0.4) is 0 Å². The third-order valence-electron chi connectivity index (χ3n) is 2.55. The van der Waals surface area contributed by atoms with Gasteiger partial charge in [-0.2, -0.15) is 11.8 Å². The minimum Gasteiger partial charge on any atom is -0.327 e. The van der Waals surface area contributed by atoms with E-state index in [1.165, 1.54) is 11.3 Å². The van der Waals surface area contributed by atoms with Gasteiger partial charge in [0.15, 0.2) is 0 Å². The second kappa shape index (κ2) is 7.72. The second-order valence-electron chi connectivity index (χ2n) is 4.91. The number of hydrogen-bond donors (Lipinski definition) is 1. The number of pyridine rings is 1. The summed E-state index contributed by atoms with van der Waals surface area (Å²) < 4.78 is 0. The zero-order valence-electron chi connectivity index (χ0n) is 11.1. The molecule has 1 heterocycles. The summed E-state index contributed by atoms with van der Waals surface area (Å²) in [6.45, 7) is 6.62. The van der Waals surface area contributed by atoms with Gasteiger partial charge in [0, 0.05) is 30.1 Å². The van der Waals surface area contributed by atoms with Crippen molar-refractivity contribution in [1.29, 1.82) is 0 Å². The summed E-state index contributed by atoms with van der Waals surface area (Å²) in [5.41, 5.74) is 8.50. The van der Waals surface area contributed by atoms with Crippen LogP contribution in [0.2, 0.25) is 0 Å². The monoisotopic (exact) mass is 252 g/mol. The van der Waals surface area contributed by atoms with Crippen molar-refractivity contribution in [3.63, 3.8) is 0 Å². The van der Waals surface area contributed by atoms with Crippen LogP contribution in [0.25, 0.3) is 0 Å². The molecule has 3 heteroatoms. The lowest BCUT2D eigenvalue weighted by Crippen LogP contribution is -2.26. The van der Waals surface area contributed by atoms with E-state index in [1.807, 2.05) is 18.0 Å². The molecule has 0 amide bonds. The molecular weight excluding hydrogens is 228 g/mol. The molecule has 0 aromatic carbocycles. The van der Waals surface area contributed by atoms with Gasteiger partial charge in [-0.05, 0) is 29.7 Å². The van der Waals surface area contributed by atoms with E-state index in [4.69, 9.17) is 5.73 Å². The number of thioether (sulfide) groups is 1. The molecule has 0 aliphatic heterocycles. The van der Waals surface area contributed by atoms with Crippen LogP contribution in [0, 0.1) is 5.92 Å². The Balaban J connectivity index is 2.31. The van der Waals surface area contributed by atoms with Crippen LogP contribution in [0.15, 0.2) is 18.3 Å². The van der Waals surface area contributed by atoms with Crippen LogP contribution >= 0.6 is 11.8 Å². The highest BCUT2D eigenvalue weighted by molar-refractivity contribution is 7.99. The normalized spacial score (nSPS) is 13.0. The first-order chi connectivity index (χ1) is 8.11. The summed E-state index contributed by atoms with van der Waals surface area (Å²) in [5.74, 6) is 2.96. The van der Waals surface area contributed by atoms with Gasteiger partial charge < -0.3 is 5.73 Å². The van der Waals surface area contributed by atoms with Gasteiger partial charge in [0.2, 0.25) is 0 Å². The van der Waals surface area contributed by atoms with Crippen molar-refractivity contribution in [2.24, 2.45) is 11.7 Å². The molecule has 0 saturated heterocycles. The summed E-state index contributed by atoms with van der Waals surface area (Å²) in [6, 6.07) is 4.47. The molecule has 0 saturated carbocycles. The number of nitrogens with zero attached hydrogens (tertiary/aromatic N) is 1. The maximum absolute atomic E-state index is 6.10. The van der Waals surface area contributed by atoms with Crippen molar-refractivity contribution in [3.8, 4) is 0 Å². The average Bonchev–Trinajstić information content (AvgIpc) is 2.29. The number of aryl methyl sites for hydroxylation is 1. The zero-order valence-corrected chi connectivity index (χ0v) is 12.0. The summed E-state index contributed by atoms with van der Waals surface area (Å²) in [7, 11) is 0. The number of aromatic nitrogens is 1. The van der Waals surface area contributed by atoms with E-state index >= 15 is 0 Å². The van der Waals surface area contributed by atoms with Gasteiger partial charge in [-0.1, -0.05) is 26.8 Å². The van der Waals surface area contributed by atoms with Gasteiger partial charge in [-0.25, -0.2) is 0 Å². The SMILES string of the molecule is CCc1ccc(CC(N)CSCC(C)C)nc1. The Hall–Kier alpha value is -0.540. The fraction of sp³-hybridized carbons (Fsp3) is 0.643. The molecular formula is C14H24N2S. The summed E-state index contributed by atoms with van der Waals surface area (Å²) in [4.78, 5) is 4.44. The molecule has 2 nitrogen and oxygen atoms in total. The average molecular weight is 252 g/mol. The maximum Gasteiger partial charge on any atom is 0.0419 e. The largest absolute Gasteiger partial charge is 0.327 e. The van der Waals surface area contributed by atoms with Crippen molar-refractivity contribution in [2.45, 2.75) is 39.7 Å².